The Morgan fingerprint density at radius 3 is 0.900 bits per heavy atom. The first-order valence-electron chi connectivity index (χ1n) is 17.3. The van der Waals surface area contributed by atoms with Gasteiger partial charge in [0.05, 0.1) is 33.1 Å². The molecule has 0 amide bonds. The van der Waals surface area contributed by atoms with Crippen molar-refractivity contribution in [2.24, 2.45) is 0 Å². The summed E-state index contributed by atoms with van der Waals surface area (Å²) in [6.07, 6.45) is 0. The van der Waals surface area contributed by atoms with E-state index in [0.717, 1.165) is 0 Å². The summed E-state index contributed by atoms with van der Waals surface area (Å²) >= 11 is 0. The molecule has 0 fully saturated rings. The lowest BCUT2D eigenvalue weighted by Crippen LogP contribution is -1.98. The molecule has 0 spiro atoms. The summed E-state index contributed by atoms with van der Waals surface area (Å²) in [5.41, 5.74) is 17.1. The van der Waals surface area contributed by atoms with E-state index in [1.165, 1.54) is 99.2 Å². The van der Waals surface area contributed by atoms with Crippen molar-refractivity contribution < 1.29 is 0 Å². The van der Waals surface area contributed by atoms with E-state index < -0.39 is 0 Å². The molecule has 3 aromatic heterocycles. The van der Waals surface area contributed by atoms with Crippen molar-refractivity contribution in [3.05, 3.63) is 182 Å². The Morgan fingerprint density at radius 2 is 0.540 bits per heavy atom. The van der Waals surface area contributed by atoms with Crippen molar-refractivity contribution in [3.8, 4) is 44.5 Å². The van der Waals surface area contributed by atoms with Crippen LogP contribution < -0.4 is 0 Å². The molecule has 0 aliphatic heterocycles. The summed E-state index contributed by atoms with van der Waals surface area (Å²) in [5.74, 6) is 0. The van der Waals surface area contributed by atoms with Gasteiger partial charge in [-0.3, -0.25) is 0 Å². The lowest BCUT2D eigenvalue weighted by Gasteiger charge is -2.14. The van der Waals surface area contributed by atoms with Crippen LogP contribution in [0.1, 0.15) is 0 Å². The average molecular weight is 635 g/mol. The van der Waals surface area contributed by atoms with Gasteiger partial charge in [0.1, 0.15) is 0 Å². The third-order valence-corrected chi connectivity index (χ3v) is 10.6. The van der Waals surface area contributed by atoms with E-state index in [2.05, 4.69) is 191 Å². The molecule has 11 rings (SSSR count). The standard InChI is InChI=1S/C48H30N2/c1-5-13-31(14-6-1)35-21-23-43-39(25-35)41-27-37(33-17-9-3-10-18-33)29-45-47(41)49(43)46-30-38(34-19-11-4-12-20-34)28-42-40-26-36(32-15-7-2-8-16-32)22-24-44(40)50(45)48(42)46/h1-30H. The molecule has 3 heterocycles. The zero-order chi connectivity index (χ0) is 32.8. The molecule has 0 aliphatic rings. The Bertz CT molecular complexity index is 2830. The number of nitrogens with zero attached hydrogens (tertiary/aromatic N) is 2. The van der Waals surface area contributed by atoms with Crippen LogP contribution in [0.2, 0.25) is 0 Å². The van der Waals surface area contributed by atoms with Crippen LogP contribution in [0.4, 0.5) is 0 Å². The van der Waals surface area contributed by atoms with Gasteiger partial charge in [-0.2, -0.15) is 0 Å². The average Bonchev–Trinajstić information content (AvgIpc) is 3.71. The van der Waals surface area contributed by atoms with Crippen molar-refractivity contribution in [2.75, 3.05) is 0 Å². The maximum Gasteiger partial charge on any atom is 0.0783 e. The monoisotopic (exact) mass is 634 g/mol. The van der Waals surface area contributed by atoms with E-state index in [1.807, 2.05) is 0 Å². The molecule has 11 aromatic rings. The first-order chi connectivity index (χ1) is 24.8. The number of hydrogen-bond acceptors (Lipinski definition) is 0. The second kappa shape index (κ2) is 10.4. The number of aromatic nitrogens is 2. The molecule has 0 saturated carbocycles. The lowest BCUT2D eigenvalue weighted by atomic mass is 9.99. The third-order valence-electron chi connectivity index (χ3n) is 10.6. The number of fused-ring (bicyclic) bond motifs is 8. The van der Waals surface area contributed by atoms with Gasteiger partial charge in [0, 0.05) is 21.5 Å². The predicted molar refractivity (Wildman–Crippen MR) is 211 cm³/mol. The summed E-state index contributed by atoms with van der Waals surface area (Å²) in [5, 5.41) is 5.06. The maximum absolute atomic E-state index is 2.54. The fourth-order valence-electron chi connectivity index (χ4n) is 8.31. The highest BCUT2D eigenvalue weighted by molar-refractivity contribution is 6.23. The molecule has 0 aliphatic carbocycles. The van der Waals surface area contributed by atoms with Crippen LogP contribution in [0.25, 0.3) is 99.2 Å². The van der Waals surface area contributed by atoms with Crippen molar-refractivity contribution in [1.29, 1.82) is 0 Å². The summed E-state index contributed by atoms with van der Waals surface area (Å²) < 4.78 is 5.07. The minimum atomic E-state index is 1.21. The van der Waals surface area contributed by atoms with Crippen molar-refractivity contribution in [3.63, 3.8) is 0 Å². The van der Waals surface area contributed by atoms with Crippen LogP contribution in [-0.4, -0.2) is 8.80 Å². The normalized spacial score (nSPS) is 12.0. The van der Waals surface area contributed by atoms with Gasteiger partial charge in [-0.25, -0.2) is 0 Å². The Balaban J connectivity index is 1.36. The zero-order valence-electron chi connectivity index (χ0n) is 27.2. The molecule has 0 unspecified atom stereocenters. The van der Waals surface area contributed by atoms with Crippen LogP contribution in [0.15, 0.2) is 182 Å². The van der Waals surface area contributed by atoms with Gasteiger partial charge < -0.3 is 8.80 Å². The smallest absolute Gasteiger partial charge is 0.0783 e. The van der Waals surface area contributed by atoms with Gasteiger partial charge in [0.2, 0.25) is 0 Å². The van der Waals surface area contributed by atoms with E-state index in [4.69, 9.17) is 0 Å². The van der Waals surface area contributed by atoms with Gasteiger partial charge in [0.25, 0.3) is 0 Å². The van der Waals surface area contributed by atoms with Gasteiger partial charge >= 0.3 is 0 Å². The minimum absolute atomic E-state index is 1.21. The third kappa shape index (κ3) is 3.90. The van der Waals surface area contributed by atoms with E-state index in [-0.39, 0.29) is 0 Å². The lowest BCUT2D eigenvalue weighted by molar-refractivity contribution is 1.26. The molecule has 50 heavy (non-hydrogen) atoms. The highest BCUT2D eigenvalue weighted by Crippen LogP contribution is 2.45. The Labute approximate surface area is 289 Å². The summed E-state index contributed by atoms with van der Waals surface area (Å²) in [6, 6.07) is 66.7. The Morgan fingerprint density at radius 1 is 0.220 bits per heavy atom. The summed E-state index contributed by atoms with van der Waals surface area (Å²) in [7, 11) is 0. The van der Waals surface area contributed by atoms with Crippen LogP contribution in [0.5, 0.6) is 0 Å². The van der Waals surface area contributed by atoms with E-state index in [9.17, 15) is 0 Å². The largest absolute Gasteiger partial charge is 0.305 e. The molecule has 0 radical (unpaired) electrons. The van der Waals surface area contributed by atoms with Crippen molar-refractivity contribution in [2.45, 2.75) is 0 Å². The SMILES string of the molecule is c1ccc(-c2ccc3c(c2)c2cc(-c4ccccc4)cc4c2n3c2cc(-c3ccccc3)cc3c5cc(-c6ccccc6)ccc5n4c32)cc1. The highest BCUT2D eigenvalue weighted by Gasteiger charge is 2.23. The molecule has 0 bridgehead atoms. The summed E-state index contributed by atoms with van der Waals surface area (Å²) in [4.78, 5) is 0. The maximum atomic E-state index is 2.54. The minimum Gasteiger partial charge on any atom is -0.305 e. The van der Waals surface area contributed by atoms with E-state index in [1.54, 1.807) is 0 Å². The molecule has 2 heteroatoms. The predicted octanol–water partition coefficient (Wildman–Crippen LogP) is 12.9. The molecule has 8 aromatic carbocycles. The number of benzene rings is 8. The molecular formula is C48H30N2. The quantitative estimate of drug-likeness (QED) is 0.170. The molecule has 0 saturated heterocycles. The fourth-order valence-corrected chi connectivity index (χ4v) is 8.31. The Kier molecular flexibility index (Phi) is 5.70. The topological polar surface area (TPSA) is 8.82 Å². The number of hydrogen-bond donors (Lipinski definition) is 0. The highest BCUT2D eigenvalue weighted by atomic mass is 15.0. The fraction of sp³-hybridized carbons (Fsp3) is 0. The molecule has 2 nitrogen and oxygen atoms in total. The van der Waals surface area contributed by atoms with Crippen LogP contribution in [-0.2, 0) is 0 Å². The van der Waals surface area contributed by atoms with E-state index >= 15 is 0 Å². The molecular weight excluding hydrogens is 605 g/mol. The second-order valence-corrected chi connectivity index (χ2v) is 13.4. The molecule has 0 N–H and O–H groups in total. The van der Waals surface area contributed by atoms with Crippen LogP contribution >= 0.6 is 0 Å². The van der Waals surface area contributed by atoms with Crippen molar-refractivity contribution >= 4 is 54.6 Å². The van der Waals surface area contributed by atoms with Gasteiger partial charge in [-0.05, 0) is 93.0 Å². The van der Waals surface area contributed by atoms with Gasteiger partial charge in [-0.15, -0.1) is 0 Å². The zero-order valence-corrected chi connectivity index (χ0v) is 27.2. The van der Waals surface area contributed by atoms with Crippen LogP contribution in [0, 0.1) is 0 Å². The van der Waals surface area contributed by atoms with Gasteiger partial charge in [-0.1, -0.05) is 133 Å². The first kappa shape index (κ1) is 27.3. The van der Waals surface area contributed by atoms with Gasteiger partial charge in [0.15, 0.2) is 0 Å². The first-order valence-corrected chi connectivity index (χ1v) is 17.3. The van der Waals surface area contributed by atoms with E-state index in [0.29, 0.717) is 0 Å². The summed E-state index contributed by atoms with van der Waals surface area (Å²) in [6.45, 7) is 0. The molecule has 232 valence electrons. The second-order valence-electron chi connectivity index (χ2n) is 13.4. The molecule has 0 atom stereocenters. The Hall–Kier alpha value is -6.64. The number of rotatable bonds is 4. The van der Waals surface area contributed by atoms with Crippen molar-refractivity contribution in [1.82, 2.24) is 8.80 Å². The van der Waals surface area contributed by atoms with Crippen LogP contribution in [0.3, 0.4) is 0 Å².